The largest absolute Gasteiger partial charge is 0.491 e. The number of rotatable bonds is 7. The Balaban J connectivity index is 1.55. The fourth-order valence-electron chi connectivity index (χ4n) is 3.99. The Kier molecular flexibility index (Phi) is 8.14. The van der Waals surface area contributed by atoms with Crippen LogP contribution < -0.4 is 15.4 Å². The topological polar surface area (TPSA) is 96.4 Å². The van der Waals surface area contributed by atoms with Gasteiger partial charge in [0.1, 0.15) is 23.7 Å². The second-order valence-electron chi connectivity index (χ2n) is 8.57. The molecule has 13 heteroatoms. The number of carbonyl (C=O) groups is 2. The molecule has 2 amide bonds. The molecule has 0 spiro atoms. The maximum Gasteiger partial charge on any atom is 0.471 e. The number of hydrogen-bond acceptors (Lipinski definition) is 6. The smallest absolute Gasteiger partial charge is 0.471 e. The molecule has 0 unspecified atom stereocenters. The maximum absolute atomic E-state index is 14.4. The van der Waals surface area contributed by atoms with Crippen molar-refractivity contribution in [1.82, 2.24) is 14.9 Å². The van der Waals surface area contributed by atoms with E-state index in [4.69, 9.17) is 4.74 Å². The highest BCUT2D eigenvalue weighted by molar-refractivity contribution is 9.10. The minimum atomic E-state index is -4.90. The first-order chi connectivity index (χ1) is 18.0. The summed E-state index contributed by atoms with van der Waals surface area (Å²) < 4.78 is 59.0. The zero-order chi connectivity index (χ0) is 27.4. The molecule has 4 rings (SSSR count). The standard InChI is InChI=1S/C25H22BrF4N5O3/c1-2-22(36)33-20-10-16-19(31-13-32-23(16)34-18-4-3-15(26)9-17(18)27)11-21(20)38-12-14-5-7-35(8-6-14)24(37)25(28,29)30/h2-4,9-11,13-14H,1,5-8,12H2,(H,33,36)(H,31,32,34). The normalized spacial score (nSPS) is 14.3. The number of anilines is 3. The molecule has 200 valence electrons. The zero-order valence-corrected chi connectivity index (χ0v) is 21.4. The Morgan fingerprint density at radius 2 is 1.89 bits per heavy atom. The molecule has 2 aromatic carbocycles. The van der Waals surface area contributed by atoms with Crippen molar-refractivity contribution in [3.63, 3.8) is 0 Å². The molecule has 38 heavy (non-hydrogen) atoms. The Bertz CT molecular complexity index is 1380. The lowest BCUT2D eigenvalue weighted by Crippen LogP contribution is -2.46. The van der Waals surface area contributed by atoms with Gasteiger partial charge in [-0.2, -0.15) is 13.2 Å². The number of likely N-dealkylation sites (tertiary alicyclic amines) is 1. The monoisotopic (exact) mass is 595 g/mol. The van der Waals surface area contributed by atoms with Crippen LogP contribution in [0.15, 0.2) is 53.8 Å². The molecule has 1 fully saturated rings. The predicted octanol–water partition coefficient (Wildman–Crippen LogP) is 5.58. The molecule has 0 atom stereocenters. The number of piperidine rings is 1. The molecule has 1 aliphatic rings. The first kappa shape index (κ1) is 27.3. The van der Waals surface area contributed by atoms with E-state index in [1.807, 2.05) is 0 Å². The zero-order valence-electron chi connectivity index (χ0n) is 19.8. The number of amides is 2. The third-order valence-electron chi connectivity index (χ3n) is 5.98. The van der Waals surface area contributed by atoms with Crippen molar-refractivity contribution in [2.75, 3.05) is 30.3 Å². The fraction of sp³-hybridized carbons (Fsp3) is 0.280. The Morgan fingerprint density at radius 1 is 1.16 bits per heavy atom. The Hall–Kier alpha value is -3.74. The Morgan fingerprint density at radius 3 is 2.55 bits per heavy atom. The van der Waals surface area contributed by atoms with Gasteiger partial charge in [0.05, 0.1) is 23.5 Å². The average Bonchev–Trinajstić information content (AvgIpc) is 2.88. The highest BCUT2D eigenvalue weighted by Crippen LogP contribution is 2.35. The molecule has 1 saturated heterocycles. The summed E-state index contributed by atoms with van der Waals surface area (Å²) in [6, 6.07) is 7.67. The molecule has 2 N–H and O–H groups in total. The van der Waals surface area contributed by atoms with Gasteiger partial charge in [-0.05, 0) is 49.1 Å². The van der Waals surface area contributed by atoms with E-state index < -0.39 is 23.8 Å². The number of nitrogens with zero attached hydrogens (tertiary/aromatic N) is 3. The van der Waals surface area contributed by atoms with E-state index in [1.54, 1.807) is 24.3 Å². The predicted molar refractivity (Wildman–Crippen MR) is 137 cm³/mol. The molecule has 2 heterocycles. The van der Waals surface area contributed by atoms with Crippen molar-refractivity contribution in [3.05, 3.63) is 59.6 Å². The van der Waals surface area contributed by atoms with Crippen LogP contribution in [-0.4, -0.2) is 52.6 Å². The molecular formula is C25H22BrF4N5O3. The van der Waals surface area contributed by atoms with E-state index in [-0.39, 0.29) is 42.7 Å². The molecule has 1 aromatic heterocycles. The molecule has 0 aliphatic carbocycles. The van der Waals surface area contributed by atoms with Gasteiger partial charge in [-0.15, -0.1) is 0 Å². The van der Waals surface area contributed by atoms with E-state index >= 15 is 0 Å². The van der Waals surface area contributed by atoms with Crippen LogP contribution in [0, 0.1) is 11.7 Å². The molecule has 1 aliphatic heterocycles. The molecule has 0 radical (unpaired) electrons. The number of carbonyl (C=O) groups excluding carboxylic acids is 2. The average molecular weight is 596 g/mol. The fourth-order valence-corrected chi connectivity index (χ4v) is 4.33. The summed E-state index contributed by atoms with van der Waals surface area (Å²) in [4.78, 5) is 32.8. The lowest BCUT2D eigenvalue weighted by Gasteiger charge is -2.32. The van der Waals surface area contributed by atoms with Crippen LogP contribution in [0.3, 0.4) is 0 Å². The van der Waals surface area contributed by atoms with E-state index in [2.05, 4.69) is 43.1 Å². The van der Waals surface area contributed by atoms with E-state index in [9.17, 15) is 27.2 Å². The van der Waals surface area contributed by atoms with Crippen LogP contribution in [0.2, 0.25) is 0 Å². The third kappa shape index (κ3) is 6.39. The summed E-state index contributed by atoms with van der Waals surface area (Å²) in [5.41, 5.74) is 0.902. The van der Waals surface area contributed by atoms with Gasteiger partial charge in [-0.3, -0.25) is 9.59 Å². The minimum Gasteiger partial charge on any atom is -0.491 e. The van der Waals surface area contributed by atoms with Crippen molar-refractivity contribution >= 4 is 55.8 Å². The molecule has 8 nitrogen and oxygen atoms in total. The van der Waals surface area contributed by atoms with Gasteiger partial charge in [-0.1, -0.05) is 22.5 Å². The van der Waals surface area contributed by atoms with Gasteiger partial charge < -0.3 is 20.3 Å². The summed E-state index contributed by atoms with van der Waals surface area (Å²) in [7, 11) is 0. The van der Waals surface area contributed by atoms with Crippen molar-refractivity contribution in [2.45, 2.75) is 19.0 Å². The lowest BCUT2D eigenvalue weighted by atomic mass is 9.97. The first-order valence-corrected chi connectivity index (χ1v) is 12.3. The SMILES string of the molecule is C=CC(=O)Nc1cc2c(Nc3ccc(Br)cc3F)ncnc2cc1OCC1CCN(C(=O)C(F)(F)F)CC1. The van der Waals surface area contributed by atoms with Crippen molar-refractivity contribution in [1.29, 1.82) is 0 Å². The Labute approximate surface area is 223 Å². The van der Waals surface area contributed by atoms with Gasteiger partial charge >= 0.3 is 12.1 Å². The van der Waals surface area contributed by atoms with E-state index in [0.717, 1.165) is 11.0 Å². The van der Waals surface area contributed by atoms with Crippen LogP contribution in [0.1, 0.15) is 12.8 Å². The van der Waals surface area contributed by atoms with Gasteiger partial charge in [0.15, 0.2) is 0 Å². The number of benzene rings is 2. The number of alkyl halides is 3. The van der Waals surface area contributed by atoms with Gasteiger partial charge in [-0.25, -0.2) is 14.4 Å². The van der Waals surface area contributed by atoms with Crippen molar-refractivity contribution in [2.24, 2.45) is 5.92 Å². The van der Waals surface area contributed by atoms with Gasteiger partial charge in [0.2, 0.25) is 5.91 Å². The number of fused-ring (bicyclic) bond motifs is 1. The highest BCUT2D eigenvalue weighted by Gasteiger charge is 2.43. The number of aromatic nitrogens is 2. The van der Waals surface area contributed by atoms with Crippen LogP contribution in [-0.2, 0) is 9.59 Å². The van der Waals surface area contributed by atoms with Gasteiger partial charge in [0, 0.05) is 29.0 Å². The van der Waals surface area contributed by atoms with E-state index in [1.165, 1.54) is 12.4 Å². The quantitative estimate of drug-likeness (QED) is 0.273. The van der Waals surface area contributed by atoms with Gasteiger partial charge in [0.25, 0.3) is 0 Å². The number of halogens is 5. The summed E-state index contributed by atoms with van der Waals surface area (Å²) >= 11 is 3.21. The second-order valence-corrected chi connectivity index (χ2v) is 9.49. The van der Waals surface area contributed by atoms with Crippen LogP contribution in [0.25, 0.3) is 10.9 Å². The number of ether oxygens (including phenoxy) is 1. The highest BCUT2D eigenvalue weighted by atomic mass is 79.9. The summed E-state index contributed by atoms with van der Waals surface area (Å²) in [6.07, 6.45) is -1.86. The minimum absolute atomic E-state index is 0.0288. The molecular weight excluding hydrogens is 574 g/mol. The van der Waals surface area contributed by atoms with Crippen molar-refractivity contribution in [3.8, 4) is 5.75 Å². The third-order valence-corrected chi connectivity index (χ3v) is 6.48. The molecule has 3 aromatic rings. The van der Waals surface area contributed by atoms with Crippen LogP contribution in [0.5, 0.6) is 5.75 Å². The summed E-state index contributed by atoms with van der Waals surface area (Å²) in [5, 5.41) is 6.07. The maximum atomic E-state index is 14.4. The van der Waals surface area contributed by atoms with E-state index in [0.29, 0.717) is 34.0 Å². The lowest BCUT2D eigenvalue weighted by molar-refractivity contribution is -0.186. The second kappa shape index (κ2) is 11.3. The van der Waals surface area contributed by atoms with Crippen molar-refractivity contribution < 1.29 is 31.9 Å². The summed E-state index contributed by atoms with van der Waals surface area (Å²) in [5.74, 6) is -2.38. The number of hydrogen-bond donors (Lipinski definition) is 2. The van der Waals surface area contributed by atoms with Crippen LogP contribution >= 0.6 is 15.9 Å². The van der Waals surface area contributed by atoms with Crippen LogP contribution in [0.4, 0.5) is 34.8 Å². The number of nitrogens with one attached hydrogen (secondary N) is 2. The summed E-state index contributed by atoms with van der Waals surface area (Å²) in [6.45, 7) is 3.54. The molecule has 0 saturated carbocycles. The first-order valence-electron chi connectivity index (χ1n) is 11.5. The molecule has 0 bridgehead atoms.